The molecule has 5 nitrogen and oxygen atoms in total. The third-order valence-electron chi connectivity index (χ3n) is 4.95. The molecule has 1 saturated heterocycles. The number of carboxylic acid groups (broad SMARTS) is 1. The maximum absolute atomic E-state index is 11.4. The van der Waals surface area contributed by atoms with E-state index in [9.17, 15) is 9.90 Å². The zero-order valence-electron chi connectivity index (χ0n) is 12.7. The van der Waals surface area contributed by atoms with E-state index in [0.717, 1.165) is 44.3 Å². The minimum absolute atomic E-state index is 0.0841. The van der Waals surface area contributed by atoms with Crippen molar-refractivity contribution in [2.45, 2.75) is 37.3 Å². The molecule has 120 valence electrons. The molecule has 2 atom stereocenters. The Bertz CT molecular complexity index is 524. The van der Waals surface area contributed by atoms with Crippen LogP contribution in [-0.4, -0.2) is 53.4 Å². The summed E-state index contributed by atoms with van der Waals surface area (Å²) in [7, 11) is 0. The maximum atomic E-state index is 11.4. The molecule has 1 aliphatic heterocycles. The van der Waals surface area contributed by atoms with Gasteiger partial charge in [0.1, 0.15) is 5.60 Å². The van der Waals surface area contributed by atoms with Crippen molar-refractivity contribution in [2.24, 2.45) is 0 Å². The second-order valence-electron chi connectivity index (χ2n) is 6.22. The number of hydrogen-bond acceptors (Lipinski definition) is 4. The van der Waals surface area contributed by atoms with Crippen LogP contribution in [0.25, 0.3) is 0 Å². The van der Waals surface area contributed by atoms with Crippen LogP contribution in [0.5, 0.6) is 0 Å². The molecule has 22 heavy (non-hydrogen) atoms. The van der Waals surface area contributed by atoms with E-state index < -0.39 is 11.6 Å². The molecule has 1 heterocycles. The molecule has 1 aromatic rings. The number of nitrogens with zero attached hydrogens (tertiary/aromatic N) is 1. The number of ether oxygens (including phenoxy) is 1. The molecule has 1 saturated carbocycles. The summed E-state index contributed by atoms with van der Waals surface area (Å²) in [5.41, 5.74) is 0.187. The standard InChI is InChI=1S/C17H23NO4/c19-16(20)13-4-6-14(7-5-13)17(21)8-2-1-3-15(17)18-9-11-22-12-10-18/h4-7,15,21H,1-3,8-12H2,(H,19,20). The fourth-order valence-electron chi connectivity index (χ4n) is 3.75. The van der Waals surface area contributed by atoms with E-state index in [1.54, 1.807) is 24.3 Å². The Morgan fingerprint density at radius 2 is 1.86 bits per heavy atom. The first-order valence-corrected chi connectivity index (χ1v) is 7.99. The molecule has 0 aromatic heterocycles. The number of aromatic carboxylic acids is 1. The zero-order valence-corrected chi connectivity index (χ0v) is 12.7. The molecule has 3 rings (SSSR count). The molecule has 5 heteroatoms. The van der Waals surface area contributed by atoms with Gasteiger partial charge in [0.05, 0.1) is 18.8 Å². The highest BCUT2D eigenvalue weighted by atomic mass is 16.5. The molecular formula is C17H23NO4. The van der Waals surface area contributed by atoms with Crippen LogP contribution < -0.4 is 0 Å². The quantitative estimate of drug-likeness (QED) is 0.892. The summed E-state index contributed by atoms with van der Waals surface area (Å²) >= 11 is 0. The van der Waals surface area contributed by atoms with Gasteiger partial charge in [0.2, 0.25) is 0 Å². The van der Waals surface area contributed by atoms with Crippen LogP contribution >= 0.6 is 0 Å². The van der Waals surface area contributed by atoms with Crippen LogP contribution in [0, 0.1) is 0 Å². The van der Waals surface area contributed by atoms with Gasteiger partial charge in [-0.05, 0) is 30.5 Å². The molecule has 2 N–H and O–H groups in total. The lowest BCUT2D eigenvalue weighted by Crippen LogP contribution is -2.55. The van der Waals surface area contributed by atoms with Gasteiger partial charge in [-0.25, -0.2) is 4.79 Å². The van der Waals surface area contributed by atoms with Crippen LogP contribution in [-0.2, 0) is 10.3 Å². The van der Waals surface area contributed by atoms with E-state index in [4.69, 9.17) is 9.84 Å². The Morgan fingerprint density at radius 3 is 2.50 bits per heavy atom. The molecule has 0 radical (unpaired) electrons. The second-order valence-corrected chi connectivity index (χ2v) is 6.22. The van der Waals surface area contributed by atoms with Gasteiger partial charge in [-0.3, -0.25) is 4.90 Å². The predicted molar refractivity (Wildman–Crippen MR) is 81.9 cm³/mol. The third-order valence-corrected chi connectivity index (χ3v) is 4.95. The summed E-state index contributed by atoms with van der Waals surface area (Å²) in [4.78, 5) is 13.3. The number of rotatable bonds is 3. The van der Waals surface area contributed by atoms with E-state index in [-0.39, 0.29) is 11.6 Å². The Balaban J connectivity index is 1.87. The summed E-state index contributed by atoms with van der Waals surface area (Å²) in [6, 6.07) is 6.78. The Hall–Kier alpha value is -1.43. The number of benzene rings is 1. The van der Waals surface area contributed by atoms with Crippen molar-refractivity contribution in [3.05, 3.63) is 35.4 Å². The van der Waals surface area contributed by atoms with Gasteiger partial charge < -0.3 is 14.9 Å². The van der Waals surface area contributed by atoms with Crippen molar-refractivity contribution in [3.8, 4) is 0 Å². The molecule has 0 bridgehead atoms. The van der Waals surface area contributed by atoms with Crippen molar-refractivity contribution in [3.63, 3.8) is 0 Å². The third kappa shape index (κ3) is 2.89. The monoisotopic (exact) mass is 305 g/mol. The van der Waals surface area contributed by atoms with Gasteiger partial charge in [0.15, 0.2) is 0 Å². The lowest BCUT2D eigenvalue weighted by atomic mass is 9.74. The molecule has 0 spiro atoms. The summed E-state index contributed by atoms with van der Waals surface area (Å²) in [5, 5.41) is 20.4. The predicted octanol–water partition coefficient (Wildman–Crippen LogP) is 1.85. The molecule has 2 unspecified atom stereocenters. The van der Waals surface area contributed by atoms with Crippen LogP contribution in [0.4, 0.5) is 0 Å². The fraction of sp³-hybridized carbons (Fsp3) is 0.588. The molecule has 0 amide bonds. The van der Waals surface area contributed by atoms with Gasteiger partial charge in [-0.15, -0.1) is 0 Å². The van der Waals surface area contributed by atoms with E-state index in [0.29, 0.717) is 13.2 Å². The lowest BCUT2D eigenvalue weighted by molar-refractivity contribution is -0.102. The van der Waals surface area contributed by atoms with Crippen molar-refractivity contribution in [1.82, 2.24) is 4.90 Å². The Morgan fingerprint density at radius 1 is 1.18 bits per heavy atom. The van der Waals surface area contributed by atoms with Crippen LogP contribution in [0.1, 0.15) is 41.6 Å². The van der Waals surface area contributed by atoms with Crippen molar-refractivity contribution in [2.75, 3.05) is 26.3 Å². The van der Waals surface area contributed by atoms with E-state index in [1.807, 2.05) is 0 Å². The highest BCUT2D eigenvalue weighted by Crippen LogP contribution is 2.40. The van der Waals surface area contributed by atoms with Crippen LogP contribution in [0.2, 0.25) is 0 Å². The topological polar surface area (TPSA) is 70.0 Å². The highest BCUT2D eigenvalue weighted by molar-refractivity contribution is 5.87. The lowest BCUT2D eigenvalue weighted by Gasteiger charge is -2.47. The summed E-state index contributed by atoms with van der Waals surface area (Å²) in [6.45, 7) is 3.12. The van der Waals surface area contributed by atoms with Gasteiger partial charge in [-0.2, -0.15) is 0 Å². The largest absolute Gasteiger partial charge is 0.478 e. The maximum Gasteiger partial charge on any atom is 0.335 e. The summed E-state index contributed by atoms with van der Waals surface area (Å²) < 4.78 is 5.42. The average molecular weight is 305 g/mol. The molecular weight excluding hydrogens is 282 g/mol. The fourth-order valence-corrected chi connectivity index (χ4v) is 3.75. The Labute approximate surface area is 130 Å². The number of carbonyl (C=O) groups is 1. The van der Waals surface area contributed by atoms with Crippen molar-refractivity contribution < 1.29 is 19.7 Å². The van der Waals surface area contributed by atoms with Crippen molar-refractivity contribution in [1.29, 1.82) is 0 Å². The van der Waals surface area contributed by atoms with E-state index >= 15 is 0 Å². The summed E-state index contributed by atoms with van der Waals surface area (Å²) in [6.07, 6.45) is 3.81. The van der Waals surface area contributed by atoms with E-state index in [1.165, 1.54) is 0 Å². The second kappa shape index (κ2) is 6.36. The minimum atomic E-state index is -0.938. The van der Waals surface area contributed by atoms with E-state index in [2.05, 4.69) is 4.90 Å². The first-order valence-electron chi connectivity index (χ1n) is 7.99. The zero-order chi connectivity index (χ0) is 15.6. The minimum Gasteiger partial charge on any atom is -0.478 e. The number of carboxylic acids is 1. The SMILES string of the molecule is O=C(O)c1ccc(C2(O)CCCCC2N2CCOCC2)cc1. The normalized spacial score (nSPS) is 30.1. The molecule has 2 aliphatic rings. The number of morpholine rings is 1. The highest BCUT2D eigenvalue weighted by Gasteiger charge is 2.43. The Kier molecular flexibility index (Phi) is 4.47. The van der Waals surface area contributed by atoms with Crippen LogP contribution in [0.15, 0.2) is 24.3 Å². The number of aliphatic hydroxyl groups is 1. The van der Waals surface area contributed by atoms with Gasteiger partial charge in [-0.1, -0.05) is 25.0 Å². The van der Waals surface area contributed by atoms with Gasteiger partial charge in [0, 0.05) is 19.1 Å². The molecule has 1 aromatic carbocycles. The average Bonchev–Trinajstić information content (AvgIpc) is 2.56. The number of hydrogen-bond donors (Lipinski definition) is 2. The molecule has 1 aliphatic carbocycles. The van der Waals surface area contributed by atoms with Gasteiger partial charge in [0.25, 0.3) is 0 Å². The molecule has 2 fully saturated rings. The smallest absolute Gasteiger partial charge is 0.335 e. The van der Waals surface area contributed by atoms with Crippen molar-refractivity contribution >= 4 is 5.97 Å². The van der Waals surface area contributed by atoms with Crippen LogP contribution in [0.3, 0.4) is 0 Å². The first-order chi connectivity index (χ1) is 10.6. The van der Waals surface area contributed by atoms with Gasteiger partial charge >= 0.3 is 5.97 Å². The summed E-state index contributed by atoms with van der Waals surface area (Å²) in [5.74, 6) is -0.938. The first kappa shape index (κ1) is 15.5.